The molecule has 2 aliphatic heterocycles. The average Bonchev–Trinajstić information content (AvgIpc) is 3.67. The summed E-state index contributed by atoms with van der Waals surface area (Å²) >= 11 is 0. The molecule has 9 rings (SSSR count). The highest BCUT2D eigenvalue weighted by atomic mass is 16.3. The molecule has 194 valence electrons. The van der Waals surface area contributed by atoms with Gasteiger partial charge in [-0.15, -0.1) is 0 Å². The maximum Gasteiger partial charge on any atom is 0.161 e. The molecule has 0 spiro atoms. The van der Waals surface area contributed by atoms with Gasteiger partial charge in [0.15, 0.2) is 11.5 Å². The smallest absolute Gasteiger partial charge is 0.161 e. The summed E-state index contributed by atoms with van der Waals surface area (Å²) in [6.07, 6.45) is 5.68. The van der Waals surface area contributed by atoms with Gasteiger partial charge in [0, 0.05) is 58.9 Å². The van der Waals surface area contributed by atoms with Crippen LogP contribution < -0.4 is 0 Å². The quantitative estimate of drug-likeness (QED) is 0.330. The number of hydrogen-bond acceptors (Lipinski definition) is 4. The van der Waals surface area contributed by atoms with Gasteiger partial charge in [0.2, 0.25) is 0 Å². The molecule has 3 heterocycles. The molecule has 2 bridgehead atoms. The van der Waals surface area contributed by atoms with E-state index in [-0.39, 0.29) is 23.5 Å². The monoisotopic (exact) mass is 506 g/mol. The zero-order valence-corrected chi connectivity index (χ0v) is 21.9. The summed E-state index contributed by atoms with van der Waals surface area (Å²) in [5, 5.41) is 39.2. The molecule has 2 fully saturated rings. The molecule has 3 aromatic carbocycles. The Balaban J connectivity index is 1.36. The molecule has 0 radical (unpaired) electrons. The van der Waals surface area contributed by atoms with Gasteiger partial charge in [-0.25, -0.2) is 0 Å². The van der Waals surface area contributed by atoms with Crippen molar-refractivity contribution in [3.63, 3.8) is 0 Å². The van der Waals surface area contributed by atoms with E-state index in [0.29, 0.717) is 12.8 Å². The minimum absolute atomic E-state index is 0.00119. The summed E-state index contributed by atoms with van der Waals surface area (Å²) in [4.78, 5) is 2.57. The van der Waals surface area contributed by atoms with E-state index >= 15 is 0 Å². The molecule has 3 aliphatic carbocycles. The van der Waals surface area contributed by atoms with Crippen LogP contribution in [-0.2, 0) is 31.2 Å². The van der Waals surface area contributed by atoms with Gasteiger partial charge in [-0.2, -0.15) is 0 Å². The van der Waals surface area contributed by atoms with Crippen LogP contribution in [0.3, 0.4) is 0 Å². The van der Waals surface area contributed by atoms with Crippen molar-refractivity contribution in [3.05, 3.63) is 70.4 Å². The Bertz CT molecular complexity index is 1700. The van der Waals surface area contributed by atoms with Crippen LogP contribution in [0.1, 0.15) is 60.1 Å². The fourth-order valence-electron chi connectivity index (χ4n) is 9.60. The van der Waals surface area contributed by atoms with Crippen LogP contribution in [0.5, 0.6) is 11.5 Å². The van der Waals surface area contributed by atoms with Crippen LogP contribution >= 0.6 is 0 Å². The second kappa shape index (κ2) is 6.94. The SMILES string of the molecule is CC1c2c(c3ccc4cccc5c4c3n2CC5)C[C@@]2(O)[C@H]3Cc4ccc(O)c(O)c4[C@@]12CCN3CC1CC1. The Morgan fingerprint density at radius 2 is 1.87 bits per heavy atom. The number of aromatic nitrogens is 1. The van der Waals surface area contributed by atoms with Gasteiger partial charge in [0.05, 0.1) is 11.1 Å². The molecule has 1 aromatic heterocycles. The van der Waals surface area contributed by atoms with Crippen molar-refractivity contribution in [2.75, 3.05) is 13.1 Å². The molecule has 5 nitrogen and oxygen atoms in total. The van der Waals surface area contributed by atoms with E-state index < -0.39 is 11.0 Å². The lowest BCUT2D eigenvalue weighted by Crippen LogP contribution is -2.75. The first kappa shape index (κ1) is 21.9. The Labute approximate surface area is 222 Å². The number of piperidine rings is 1. The summed E-state index contributed by atoms with van der Waals surface area (Å²) in [6, 6.07) is 14.8. The first-order valence-corrected chi connectivity index (χ1v) is 14.5. The van der Waals surface area contributed by atoms with Gasteiger partial charge in [0.1, 0.15) is 0 Å². The standard InChI is InChI=1S/C33H34N2O3/c1-18-29-24(23-9-7-20-3-2-4-21-11-13-35(29)30(23)27(20)21)16-33(38)26-15-22-8-10-25(36)31(37)28(22)32(18,33)12-14-34(26)17-19-5-6-19/h2-4,7-10,18-19,26,36-38H,5-6,11-17H2,1H3/t18?,26-,32-,33-/m1/s1. The van der Waals surface area contributed by atoms with Crippen molar-refractivity contribution in [2.45, 2.75) is 75.0 Å². The summed E-state index contributed by atoms with van der Waals surface area (Å²) in [5.41, 5.74) is 5.59. The maximum atomic E-state index is 13.2. The van der Waals surface area contributed by atoms with Gasteiger partial charge >= 0.3 is 0 Å². The first-order valence-electron chi connectivity index (χ1n) is 14.5. The van der Waals surface area contributed by atoms with Crippen molar-refractivity contribution in [1.29, 1.82) is 0 Å². The first-order chi connectivity index (χ1) is 18.4. The molecule has 5 heteroatoms. The number of phenols is 2. The van der Waals surface area contributed by atoms with E-state index in [4.69, 9.17) is 0 Å². The van der Waals surface area contributed by atoms with Gasteiger partial charge in [0.25, 0.3) is 0 Å². The fraction of sp³-hybridized carbons (Fsp3) is 0.455. The lowest BCUT2D eigenvalue weighted by Gasteiger charge is -2.65. The lowest BCUT2D eigenvalue weighted by molar-refractivity contribution is -0.160. The van der Waals surface area contributed by atoms with E-state index in [0.717, 1.165) is 49.5 Å². The molecule has 5 aliphatic rings. The second-order valence-corrected chi connectivity index (χ2v) is 12.9. The predicted molar refractivity (Wildman–Crippen MR) is 148 cm³/mol. The minimum Gasteiger partial charge on any atom is -0.504 e. The van der Waals surface area contributed by atoms with E-state index in [1.807, 2.05) is 6.07 Å². The average molecular weight is 507 g/mol. The van der Waals surface area contributed by atoms with Crippen LogP contribution in [0, 0.1) is 5.92 Å². The number of hydrogen-bond donors (Lipinski definition) is 3. The predicted octanol–water partition coefficient (Wildman–Crippen LogP) is 5.13. The number of phenolic OH excluding ortho intramolecular Hbond substituents is 2. The molecule has 0 amide bonds. The van der Waals surface area contributed by atoms with Crippen LogP contribution in [-0.4, -0.2) is 49.5 Å². The molecule has 3 N–H and O–H groups in total. The number of fused-ring (bicyclic) bond motifs is 4. The summed E-state index contributed by atoms with van der Waals surface area (Å²) < 4.78 is 2.55. The molecule has 4 atom stereocenters. The van der Waals surface area contributed by atoms with Crippen molar-refractivity contribution in [2.24, 2.45) is 5.92 Å². The van der Waals surface area contributed by atoms with Crippen LogP contribution in [0.15, 0.2) is 42.5 Å². The number of benzene rings is 3. The number of rotatable bonds is 2. The largest absolute Gasteiger partial charge is 0.504 e. The van der Waals surface area contributed by atoms with E-state index in [2.05, 4.69) is 46.7 Å². The van der Waals surface area contributed by atoms with Crippen molar-refractivity contribution in [1.82, 2.24) is 9.47 Å². The second-order valence-electron chi connectivity index (χ2n) is 12.9. The number of likely N-dealkylation sites (tertiary alicyclic amines) is 1. The number of aryl methyl sites for hydroxylation is 2. The zero-order valence-electron chi connectivity index (χ0n) is 21.9. The zero-order chi connectivity index (χ0) is 25.6. The third kappa shape index (κ3) is 2.38. The number of nitrogens with zero attached hydrogens (tertiary/aromatic N) is 2. The maximum absolute atomic E-state index is 13.2. The summed E-state index contributed by atoms with van der Waals surface area (Å²) in [7, 11) is 0. The molecule has 1 saturated carbocycles. The molecular formula is C33H34N2O3. The Morgan fingerprint density at radius 1 is 1.00 bits per heavy atom. The Hall–Kier alpha value is -3.02. The molecule has 1 saturated heterocycles. The lowest BCUT2D eigenvalue weighted by atomic mass is 9.46. The van der Waals surface area contributed by atoms with Crippen molar-refractivity contribution >= 4 is 21.7 Å². The Morgan fingerprint density at radius 3 is 2.71 bits per heavy atom. The third-order valence-corrected chi connectivity index (χ3v) is 11.3. The van der Waals surface area contributed by atoms with Gasteiger partial charge in [-0.1, -0.05) is 43.3 Å². The normalized spacial score (nSPS) is 31.4. The van der Waals surface area contributed by atoms with Crippen molar-refractivity contribution < 1.29 is 15.3 Å². The van der Waals surface area contributed by atoms with Crippen LogP contribution in [0.2, 0.25) is 0 Å². The van der Waals surface area contributed by atoms with E-state index in [1.54, 1.807) is 6.07 Å². The van der Waals surface area contributed by atoms with Gasteiger partial charge in [-0.3, -0.25) is 4.90 Å². The highest BCUT2D eigenvalue weighted by molar-refractivity contribution is 6.10. The third-order valence-electron chi connectivity index (χ3n) is 11.3. The Kier molecular flexibility index (Phi) is 3.99. The number of aliphatic hydroxyl groups is 1. The highest BCUT2D eigenvalue weighted by Gasteiger charge is 2.68. The topological polar surface area (TPSA) is 68.9 Å². The highest BCUT2D eigenvalue weighted by Crippen LogP contribution is 2.65. The summed E-state index contributed by atoms with van der Waals surface area (Å²) in [6.45, 7) is 5.20. The summed E-state index contributed by atoms with van der Waals surface area (Å²) in [5.74, 6) is 0.654. The number of aromatic hydroxyl groups is 2. The van der Waals surface area contributed by atoms with Gasteiger partial charge in [-0.05, 0) is 72.7 Å². The van der Waals surface area contributed by atoms with Crippen LogP contribution in [0.25, 0.3) is 21.7 Å². The fourth-order valence-corrected chi connectivity index (χ4v) is 9.60. The van der Waals surface area contributed by atoms with Crippen molar-refractivity contribution in [3.8, 4) is 11.5 Å². The van der Waals surface area contributed by atoms with Gasteiger partial charge < -0.3 is 19.9 Å². The molecule has 38 heavy (non-hydrogen) atoms. The molecule has 1 unspecified atom stereocenters. The van der Waals surface area contributed by atoms with E-state index in [1.165, 1.54) is 51.3 Å². The molecular weight excluding hydrogens is 472 g/mol. The van der Waals surface area contributed by atoms with E-state index in [9.17, 15) is 15.3 Å². The van der Waals surface area contributed by atoms with Crippen LogP contribution in [0.4, 0.5) is 0 Å². The minimum atomic E-state index is -1.02. The molecule has 4 aromatic rings.